The molecule has 84 valence electrons. The van der Waals surface area contributed by atoms with Gasteiger partial charge in [0.05, 0.1) is 18.4 Å². The molecule has 2 rings (SSSR count). The van der Waals surface area contributed by atoms with E-state index < -0.39 is 5.60 Å². The Balaban J connectivity index is 2.26. The number of nitrogens with zero attached hydrogens (tertiary/aromatic N) is 3. The molecule has 1 heterocycles. The first-order valence-electron chi connectivity index (χ1n) is 5.22. The lowest BCUT2D eigenvalue weighted by atomic mass is 10.1. The Morgan fingerprint density at radius 3 is 2.56 bits per heavy atom. The number of aromatic nitrogens is 3. The van der Waals surface area contributed by atoms with Gasteiger partial charge < -0.3 is 5.11 Å². The Morgan fingerprint density at radius 1 is 1.25 bits per heavy atom. The Morgan fingerprint density at radius 2 is 1.94 bits per heavy atom. The maximum absolute atomic E-state index is 9.94. The maximum Gasteiger partial charge on any atom is 0.102 e. The highest BCUT2D eigenvalue weighted by atomic mass is 16.3. The summed E-state index contributed by atoms with van der Waals surface area (Å²) in [5.74, 6) is 0. The zero-order valence-corrected chi connectivity index (χ0v) is 9.46. The van der Waals surface area contributed by atoms with Gasteiger partial charge >= 0.3 is 0 Å². The number of aliphatic hydroxyl groups is 1. The highest BCUT2D eigenvalue weighted by Gasteiger charge is 2.21. The number of hydrogen-bond acceptors (Lipinski definition) is 3. The van der Waals surface area contributed by atoms with Crippen LogP contribution in [0.2, 0.25) is 0 Å². The van der Waals surface area contributed by atoms with E-state index in [4.69, 9.17) is 0 Å². The van der Waals surface area contributed by atoms with E-state index in [1.54, 1.807) is 24.7 Å². The quantitative estimate of drug-likeness (QED) is 0.848. The molecule has 0 saturated heterocycles. The summed E-state index contributed by atoms with van der Waals surface area (Å²) in [6.07, 6.45) is 1.60. The highest BCUT2D eigenvalue weighted by molar-refractivity contribution is 5.16. The molecule has 0 aliphatic carbocycles. The van der Waals surface area contributed by atoms with Gasteiger partial charge in [0, 0.05) is 0 Å². The molecule has 0 bridgehead atoms. The van der Waals surface area contributed by atoms with Crippen LogP contribution in [0.3, 0.4) is 0 Å². The van der Waals surface area contributed by atoms with Gasteiger partial charge in [0.1, 0.15) is 5.60 Å². The van der Waals surface area contributed by atoms with Crippen molar-refractivity contribution in [1.29, 1.82) is 0 Å². The van der Waals surface area contributed by atoms with Gasteiger partial charge in [-0.2, -0.15) is 0 Å². The third kappa shape index (κ3) is 2.28. The normalized spacial score (nSPS) is 11.7. The van der Waals surface area contributed by atoms with Crippen molar-refractivity contribution in [3.8, 4) is 0 Å². The first-order valence-corrected chi connectivity index (χ1v) is 5.22. The lowest BCUT2D eigenvalue weighted by molar-refractivity contribution is 0.0688. The number of rotatable bonds is 3. The predicted molar refractivity (Wildman–Crippen MR) is 60.8 cm³/mol. The molecule has 2 aromatic rings. The fourth-order valence-corrected chi connectivity index (χ4v) is 1.60. The van der Waals surface area contributed by atoms with Gasteiger partial charge in [-0.05, 0) is 19.4 Å². The maximum atomic E-state index is 9.94. The third-order valence-electron chi connectivity index (χ3n) is 2.42. The van der Waals surface area contributed by atoms with Crippen LogP contribution in [-0.4, -0.2) is 20.1 Å². The van der Waals surface area contributed by atoms with Crippen LogP contribution in [0.25, 0.3) is 0 Å². The van der Waals surface area contributed by atoms with Crippen LogP contribution in [0.15, 0.2) is 36.5 Å². The van der Waals surface area contributed by atoms with Crippen molar-refractivity contribution in [2.45, 2.75) is 26.0 Å². The van der Waals surface area contributed by atoms with Crippen LogP contribution in [0, 0.1) is 0 Å². The van der Waals surface area contributed by atoms with Gasteiger partial charge in [-0.3, -0.25) is 0 Å². The second-order valence-electron chi connectivity index (χ2n) is 4.32. The Bertz CT molecular complexity index is 457. The molecule has 4 heteroatoms. The van der Waals surface area contributed by atoms with Crippen LogP contribution in [0.5, 0.6) is 0 Å². The monoisotopic (exact) mass is 217 g/mol. The smallest absolute Gasteiger partial charge is 0.102 e. The summed E-state index contributed by atoms with van der Waals surface area (Å²) in [5.41, 5.74) is 0.938. The van der Waals surface area contributed by atoms with Crippen LogP contribution in [-0.2, 0) is 12.1 Å². The summed E-state index contributed by atoms with van der Waals surface area (Å²) in [4.78, 5) is 0. The van der Waals surface area contributed by atoms with Crippen molar-refractivity contribution < 1.29 is 5.11 Å². The molecule has 0 amide bonds. The Labute approximate surface area is 94.5 Å². The molecule has 4 nitrogen and oxygen atoms in total. The number of hydrogen-bond donors (Lipinski definition) is 1. The van der Waals surface area contributed by atoms with Crippen molar-refractivity contribution in [3.05, 3.63) is 47.8 Å². The minimum atomic E-state index is -0.918. The molecule has 0 atom stereocenters. The van der Waals surface area contributed by atoms with Crippen molar-refractivity contribution >= 4 is 0 Å². The molecular formula is C12H15N3O. The summed E-state index contributed by atoms with van der Waals surface area (Å²) in [7, 11) is 0. The molecule has 0 unspecified atom stereocenters. The zero-order chi connectivity index (χ0) is 11.6. The van der Waals surface area contributed by atoms with Crippen LogP contribution < -0.4 is 0 Å². The van der Waals surface area contributed by atoms with E-state index in [9.17, 15) is 5.11 Å². The Kier molecular flexibility index (Phi) is 2.75. The van der Waals surface area contributed by atoms with E-state index in [1.165, 1.54) is 0 Å². The Hall–Kier alpha value is -1.68. The summed E-state index contributed by atoms with van der Waals surface area (Å²) in [5, 5.41) is 17.8. The molecule has 0 saturated carbocycles. The lowest BCUT2D eigenvalue weighted by Crippen LogP contribution is -2.21. The van der Waals surface area contributed by atoms with Crippen molar-refractivity contribution in [1.82, 2.24) is 15.0 Å². The summed E-state index contributed by atoms with van der Waals surface area (Å²) in [6.45, 7) is 4.08. The molecule has 0 spiro atoms. The molecule has 0 aliphatic rings. The first kappa shape index (κ1) is 10.8. The van der Waals surface area contributed by atoms with Gasteiger partial charge in [0.15, 0.2) is 0 Å². The molecule has 0 fully saturated rings. The standard InChI is InChI=1S/C12H15N3O/c1-12(2,16)11-8-13-14-15(11)9-10-6-4-3-5-7-10/h3-8,16H,9H2,1-2H3. The van der Waals surface area contributed by atoms with E-state index in [0.29, 0.717) is 6.54 Å². The van der Waals surface area contributed by atoms with Crippen LogP contribution in [0.4, 0.5) is 0 Å². The summed E-state index contributed by atoms with van der Waals surface area (Å²) >= 11 is 0. The van der Waals surface area contributed by atoms with Gasteiger partial charge in [-0.25, -0.2) is 4.68 Å². The third-order valence-corrected chi connectivity index (χ3v) is 2.42. The summed E-state index contributed by atoms with van der Waals surface area (Å²) < 4.78 is 1.72. The van der Waals surface area contributed by atoms with E-state index in [2.05, 4.69) is 10.3 Å². The summed E-state index contributed by atoms with van der Waals surface area (Å²) in [6, 6.07) is 9.99. The molecule has 1 aromatic carbocycles. The minimum absolute atomic E-state index is 0.625. The van der Waals surface area contributed by atoms with E-state index >= 15 is 0 Å². The first-order chi connectivity index (χ1) is 7.57. The van der Waals surface area contributed by atoms with Gasteiger partial charge in [0.25, 0.3) is 0 Å². The van der Waals surface area contributed by atoms with Crippen molar-refractivity contribution in [2.24, 2.45) is 0 Å². The molecule has 16 heavy (non-hydrogen) atoms. The predicted octanol–water partition coefficient (Wildman–Crippen LogP) is 1.55. The van der Waals surface area contributed by atoms with Crippen LogP contribution in [0.1, 0.15) is 25.1 Å². The fourth-order valence-electron chi connectivity index (χ4n) is 1.60. The second kappa shape index (κ2) is 4.06. The topological polar surface area (TPSA) is 50.9 Å². The van der Waals surface area contributed by atoms with Gasteiger partial charge in [0.2, 0.25) is 0 Å². The molecule has 0 aliphatic heterocycles. The van der Waals surface area contributed by atoms with E-state index in [0.717, 1.165) is 11.3 Å². The van der Waals surface area contributed by atoms with E-state index in [-0.39, 0.29) is 0 Å². The molecule has 1 aromatic heterocycles. The second-order valence-corrected chi connectivity index (χ2v) is 4.32. The van der Waals surface area contributed by atoms with Crippen LogP contribution >= 0.6 is 0 Å². The lowest BCUT2D eigenvalue weighted by Gasteiger charge is -2.17. The van der Waals surface area contributed by atoms with Crippen molar-refractivity contribution in [3.63, 3.8) is 0 Å². The van der Waals surface area contributed by atoms with Gasteiger partial charge in [-0.15, -0.1) is 5.10 Å². The van der Waals surface area contributed by atoms with Gasteiger partial charge in [-0.1, -0.05) is 35.5 Å². The molecular weight excluding hydrogens is 202 g/mol. The minimum Gasteiger partial charge on any atom is -0.384 e. The average molecular weight is 217 g/mol. The van der Waals surface area contributed by atoms with E-state index in [1.807, 2.05) is 30.3 Å². The molecule has 0 radical (unpaired) electrons. The van der Waals surface area contributed by atoms with Crippen molar-refractivity contribution in [2.75, 3.05) is 0 Å². The molecule has 1 N–H and O–H groups in total. The average Bonchev–Trinajstić information content (AvgIpc) is 2.67. The fraction of sp³-hybridized carbons (Fsp3) is 0.333. The zero-order valence-electron chi connectivity index (χ0n) is 9.46. The highest BCUT2D eigenvalue weighted by Crippen LogP contribution is 2.18. The number of benzene rings is 1. The SMILES string of the molecule is CC(C)(O)c1cnnn1Cc1ccccc1. The largest absolute Gasteiger partial charge is 0.384 e.